The Morgan fingerprint density at radius 1 is 1.17 bits per heavy atom. The Labute approximate surface area is 174 Å². The van der Waals surface area contributed by atoms with Crippen molar-refractivity contribution in [3.63, 3.8) is 0 Å². The number of nitrogens with one attached hydrogen (secondary N) is 1. The Bertz CT molecular complexity index is 837. The molecule has 1 atom stereocenters. The molecule has 1 N–H and O–H groups in total. The van der Waals surface area contributed by atoms with Gasteiger partial charge in [0, 0.05) is 48.4 Å². The second kappa shape index (κ2) is 7.71. The average Bonchev–Trinajstić information content (AvgIpc) is 3.38. The summed E-state index contributed by atoms with van der Waals surface area (Å²) in [6.07, 6.45) is 10.4. The van der Waals surface area contributed by atoms with Crippen molar-refractivity contribution in [2.45, 2.75) is 70.1 Å². The molecule has 1 spiro atoms. The number of aryl methyl sites for hydroxylation is 1. The molecule has 0 radical (unpaired) electrons. The minimum absolute atomic E-state index is 0.263. The fourth-order valence-corrected chi connectivity index (χ4v) is 6.02. The highest BCUT2D eigenvalue weighted by atomic mass is 15.2. The third-order valence-corrected chi connectivity index (χ3v) is 7.41. The van der Waals surface area contributed by atoms with Crippen LogP contribution >= 0.6 is 0 Å². The first kappa shape index (κ1) is 19.0. The Morgan fingerprint density at radius 3 is 2.79 bits per heavy atom. The van der Waals surface area contributed by atoms with Crippen molar-refractivity contribution in [1.29, 1.82) is 0 Å². The zero-order valence-corrected chi connectivity index (χ0v) is 18.0. The molecular weight excluding hydrogens is 360 g/mol. The van der Waals surface area contributed by atoms with Crippen LogP contribution in [0.25, 0.3) is 0 Å². The number of piperidine rings is 2. The van der Waals surface area contributed by atoms with Gasteiger partial charge in [0.15, 0.2) is 0 Å². The lowest BCUT2D eigenvalue weighted by Gasteiger charge is -2.41. The predicted octanol–water partition coefficient (Wildman–Crippen LogP) is 3.58. The van der Waals surface area contributed by atoms with Crippen molar-refractivity contribution in [2.24, 2.45) is 0 Å². The van der Waals surface area contributed by atoms with E-state index in [9.17, 15) is 0 Å². The molecule has 5 rings (SSSR count). The molecule has 156 valence electrons. The van der Waals surface area contributed by atoms with Gasteiger partial charge in [0.05, 0.1) is 5.69 Å². The number of fused-ring (bicyclic) bond motifs is 2. The van der Waals surface area contributed by atoms with Crippen LogP contribution in [0.5, 0.6) is 0 Å². The topological polar surface area (TPSA) is 60.9 Å². The number of anilines is 1. The minimum atomic E-state index is 0.263. The number of likely N-dealkylation sites (tertiary alicyclic amines) is 1. The highest BCUT2D eigenvalue weighted by Gasteiger charge is 2.45. The molecule has 2 aliphatic heterocycles. The van der Waals surface area contributed by atoms with Crippen LogP contribution in [-0.2, 0) is 11.8 Å². The molecule has 2 fully saturated rings. The van der Waals surface area contributed by atoms with E-state index in [1.54, 1.807) is 0 Å². The summed E-state index contributed by atoms with van der Waals surface area (Å²) in [7, 11) is 0. The summed E-state index contributed by atoms with van der Waals surface area (Å²) >= 11 is 0. The van der Waals surface area contributed by atoms with Crippen molar-refractivity contribution in [3.05, 3.63) is 35.0 Å². The SMILES string of the molecule is CCCN1CCCC2(CCc3c(N4CCC(c5ccn[nH]5)CC4)nc(C)nc32)C1. The van der Waals surface area contributed by atoms with Gasteiger partial charge in [0.1, 0.15) is 11.6 Å². The normalized spacial score (nSPS) is 25.7. The predicted molar refractivity (Wildman–Crippen MR) is 116 cm³/mol. The van der Waals surface area contributed by atoms with Gasteiger partial charge in [-0.05, 0) is 71.0 Å². The molecule has 1 aliphatic carbocycles. The Balaban J connectivity index is 1.39. The summed E-state index contributed by atoms with van der Waals surface area (Å²) in [6.45, 7) is 10.2. The Morgan fingerprint density at radius 2 is 2.03 bits per heavy atom. The number of aromatic amines is 1. The summed E-state index contributed by atoms with van der Waals surface area (Å²) in [5.74, 6) is 2.78. The Kier molecular flexibility index (Phi) is 5.06. The van der Waals surface area contributed by atoms with Crippen LogP contribution in [0.15, 0.2) is 12.3 Å². The summed E-state index contributed by atoms with van der Waals surface area (Å²) < 4.78 is 0. The van der Waals surface area contributed by atoms with Crippen LogP contribution in [0.3, 0.4) is 0 Å². The monoisotopic (exact) mass is 394 g/mol. The van der Waals surface area contributed by atoms with E-state index in [1.807, 2.05) is 6.20 Å². The maximum Gasteiger partial charge on any atom is 0.135 e. The molecule has 2 aromatic heterocycles. The van der Waals surface area contributed by atoms with Gasteiger partial charge in [-0.2, -0.15) is 5.10 Å². The van der Waals surface area contributed by atoms with E-state index in [0.29, 0.717) is 5.92 Å². The molecule has 0 amide bonds. The largest absolute Gasteiger partial charge is 0.356 e. The first-order valence-corrected chi connectivity index (χ1v) is 11.5. The second-order valence-electron chi connectivity index (χ2n) is 9.35. The molecule has 0 saturated carbocycles. The summed E-state index contributed by atoms with van der Waals surface area (Å²) in [6, 6.07) is 2.13. The van der Waals surface area contributed by atoms with Gasteiger partial charge in [0.2, 0.25) is 0 Å². The minimum Gasteiger partial charge on any atom is -0.356 e. The fraction of sp³-hybridized carbons (Fsp3) is 0.696. The molecule has 1 unspecified atom stereocenters. The molecule has 0 aromatic carbocycles. The van der Waals surface area contributed by atoms with Gasteiger partial charge in [0.25, 0.3) is 0 Å². The molecule has 0 bridgehead atoms. The lowest BCUT2D eigenvalue weighted by molar-refractivity contribution is 0.143. The quantitative estimate of drug-likeness (QED) is 0.859. The van der Waals surface area contributed by atoms with Crippen molar-refractivity contribution in [1.82, 2.24) is 25.1 Å². The number of hydrogen-bond donors (Lipinski definition) is 1. The van der Waals surface area contributed by atoms with Gasteiger partial charge in [-0.3, -0.25) is 5.10 Å². The number of aromatic nitrogens is 4. The third kappa shape index (κ3) is 3.45. The zero-order chi connectivity index (χ0) is 19.8. The number of nitrogens with zero attached hydrogens (tertiary/aromatic N) is 5. The summed E-state index contributed by atoms with van der Waals surface area (Å²) in [5, 5.41) is 7.30. The lowest BCUT2D eigenvalue weighted by atomic mass is 9.77. The second-order valence-corrected chi connectivity index (χ2v) is 9.35. The number of rotatable bonds is 4. The standard InChI is InChI=1S/C23H34N6/c1-3-12-28-13-4-9-23(16-28)10-5-19-21(23)25-17(2)26-22(19)29-14-7-18(8-15-29)20-6-11-24-27-20/h6,11,18H,3-5,7-10,12-16H2,1-2H3,(H,24,27). The van der Waals surface area contributed by atoms with Crippen LogP contribution in [0.4, 0.5) is 5.82 Å². The molecule has 2 saturated heterocycles. The zero-order valence-electron chi connectivity index (χ0n) is 18.0. The van der Waals surface area contributed by atoms with E-state index in [4.69, 9.17) is 9.97 Å². The maximum absolute atomic E-state index is 5.06. The molecule has 3 aliphatic rings. The van der Waals surface area contributed by atoms with Crippen LogP contribution in [0.1, 0.15) is 74.1 Å². The summed E-state index contributed by atoms with van der Waals surface area (Å²) in [4.78, 5) is 15.2. The highest BCUT2D eigenvalue weighted by molar-refractivity contribution is 5.54. The highest BCUT2D eigenvalue weighted by Crippen LogP contribution is 2.47. The molecular formula is C23H34N6. The summed E-state index contributed by atoms with van der Waals surface area (Å²) in [5.41, 5.74) is 4.38. The molecule has 6 heteroatoms. The van der Waals surface area contributed by atoms with Crippen molar-refractivity contribution >= 4 is 5.82 Å². The van der Waals surface area contributed by atoms with E-state index in [0.717, 1.165) is 38.2 Å². The van der Waals surface area contributed by atoms with Crippen LogP contribution in [0, 0.1) is 6.92 Å². The third-order valence-electron chi connectivity index (χ3n) is 7.41. The smallest absolute Gasteiger partial charge is 0.135 e. The van der Waals surface area contributed by atoms with Gasteiger partial charge < -0.3 is 9.80 Å². The molecule has 29 heavy (non-hydrogen) atoms. The van der Waals surface area contributed by atoms with Crippen molar-refractivity contribution < 1.29 is 0 Å². The molecule has 4 heterocycles. The van der Waals surface area contributed by atoms with E-state index in [2.05, 4.69) is 39.9 Å². The van der Waals surface area contributed by atoms with Gasteiger partial charge in [-0.25, -0.2) is 9.97 Å². The lowest BCUT2D eigenvalue weighted by Crippen LogP contribution is -2.45. The number of H-pyrrole nitrogens is 1. The van der Waals surface area contributed by atoms with Gasteiger partial charge in [-0.1, -0.05) is 6.92 Å². The van der Waals surface area contributed by atoms with Gasteiger partial charge >= 0.3 is 0 Å². The van der Waals surface area contributed by atoms with Crippen molar-refractivity contribution in [2.75, 3.05) is 37.6 Å². The fourth-order valence-electron chi connectivity index (χ4n) is 6.02. The first-order valence-electron chi connectivity index (χ1n) is 11.5. The molecule has 2 aromatic rings. The Hall–Kier alpha value is -1.95. The van der Waals surface area contributed by atoms with E-state index < -0.39 is 0 Å². The van der Waals surface area contributed by atoms with E-state index >= 15 is 0 Å². The van der Waals surface area contributed by atoms with Gasteiger partial charge in [-0.15, -0.1) is 0 Å². The number of hydrogen-bond acceptors (Lipinski definition) is 5. The van der Waals surface area contributed by atoms with E-state index in [-0.39, 0.29) is 5.41 Å². The maximum atomic E-state index is 5.06. The van der Waals surface area contributed by atoms with E-state index in [1.165, 1.54) is 68.1 Å². The molecule has 6 nitrogen and oxygen atoms in total. The van der Waals surface area contributed by atoms with Crippen LogP contribution in [0.2, 0.25) is 0 Å². The first-order chi connectivity index (χ1) is 14.2. The van der Waals surface area contributed by atoms with Crippen LogP contribution in [-0.4, -0.2) is 57.8 Å². The average molecular weight is 395 g/mol. The van der Waals surface area contributed by atoms with Crippen LogP contribution < -0.4 is 4.90 Å². The van der Waals surface area contributed by atoms with Crippen molar-refractivity contribution in [3.8, 4) is 0 Å².